The van der Waals surface area contributed by atoms with E-state index in [4.69, 9.17) is 4.84 Å². The van der Waals surface area contributed by atoms with Gasteiger partial charge in [0.15, 0.2) is 0 Å². The maximum absolute atomic E-state index is 11.5. The van der Waals surface area contributed by atoms with Gasteiger partial charge in [-0.1, -0.05) is 18.2 Å². The van der Waals surface area contributed by atoms with E-state index in [1.54, 1.807) is 24.3 Å². The Bertz CT molecular complexity index is 389. The molecule has 2 rings (SSSR count). The van der Waals surface area contributed by atoms with Gasteiger partial charge < -0.3 is 10.2 Å². The molecule has 0 aromatic heterocycles. The van der Waals surface area contributed by atoms with E-state index in [1.807, 2.05) is 6.07 Å². The van der Waals surface area contributed by atoms with Crippen LogP contribution in [0.3, 0.4) is 0 Å². The van der Waals surface area contributed by atoms with Crippen molar-refractivity contribution in [2.24, 2.45) is 4.99 Å². The van der Waals surface area contributed by atoms with Crippen LogP contribution in [-0.2, 0) is 4.84 Å². The molecule has 1 aromatic carbocycles. The first kappa shape index (κ1) is 10.5. The average molecular weight is 219 g/mol. The third kappa shape index (κ3) is 2.73. The van der Waals surface area contributed by atoms with Gasteiger partial charge in [0.25, 0.3) is 0 Å². The van der Waals surface area contributed by atoms with Crippen LogP contribution >= 0.6 is 0 Å². The number of hydrogen-bond donors (Lipinski definition) is 2. The molecular weight excluding hydrogens is 206 g/mol. The predicted molar refractivity (Wildman–Crippen MR) is 59.9 cm³/mol. The first-order chi connectivity index (χ1) is 7.86. The van der Waals surface area contributed by atoms with Gasteiger partial charge in [-0.3, -0.25) is 4.99 Å². The molecule has 0 radical (unpaired) electrons. The van der Waals surface area contributed by atoms with Crippen LogP contribution in [0.5, 0.6) is 0 Å². The fourth-order valence-corrected chi connectivity index (χ4v) is 1.33. The summed E-state index contributed by atoms with van der Waals surface area (Å²) in [7, 11) is 0. The second-order valence-corrected chi connectivity index (χ2v) is 3.37. The predicted octanol–water partition coefficient (Wildman–Crippen LogP) is 0.697. The molecule has 0 saturated heterocycles. The fraction of sp³-hybridized carbons (Fsp3) is 0.273. The van der Waals surface area contributed by atoms with Crippen molar-refractivity contribution in [3.05, 3.63) is 35.9 Å². The quantitative estimate of drug-likeness (QED) is 0.682. The molecule has 1 aromatic rings. The van der Waals surface area contributed by atoms with E-state index in [-0.39, 0.29) is 0 Å². The molecule has 0 amide bonds. The molecule has 84 valence electrons. The summed E-state index contributed by atoms with van der Waals surface area (Å²) in [5.74, 6) is 0.0891. The van der Waals surface area contributed by atoms with Crippen LogP contribution in [0.1, 0.15) is 16.8 Å². The minimum absolute atomic E-state index is 0.421. The lowest BCUT2D eigenvalue weighted by molar-refractivity contribution is 0.0378. The molecule has 0 atom stereocenters. The lowest BCUT2D eigenvalue weighted by atomic mass is 10.2. The van der Waals surface area contributed by atoms with Crippen molar-refractivity contribution in [1.82, 2.24) is 10.8 Å². The Hall–Kier alpha value is -2.04. The SMILES string of the molecule is O=C(ONC1=NCCCN1)c1ccccc1. The van der Waals surface area contributed by atoms with Gasteiger partial charge in [-0.2, -0.15) is 5.48 Å². The van der Waals surface area contributed by atoms with Crippen molar-refractivity contribution >= 4 is 11.9 Å². The molecule has 0 saturated carbocycles. The minimum Gasteiger partial charge on any atom is -0.354 e. The van der Waals surface area contributed by atoms with Crippen LogP contribution in [-0.4, -0.2) is 25.0 Å². The van der Waals surface area contributed by atoms with E-state index < -0.39 is 5.97 Å². The smallest absolute Gasteiger partial charge is 0.354 e. The van der Waals surface area contributed by atoms with Crippen LogP contribution in [0.2, 0.25) is 0 Å². The molecule has 1 aliphatic rings. The Morgan fingerprint density at radius 1 is 1.38 bits per heavy atom. The number of aliphatic imine (C=N–C) groups is 1. The molecule has 1 aliphatic heterocycles. The number of rotatable bonds is 1. The van der Waals surface area contributed by atoms with Crippen LogP contribution < -0.4 is 10.8 Å². The topological polar surface area (TPSA) is 62.7 Å². The van der Waals surface area contributed by atoms with Gasteiger partial charge in [0.1, 0.15) is 0 Å². The zero-order valence-corrected chi connectivity index (χ0v) is 8.77. The highest BCUT2D eigenvalue weighted by atomic mass is 16.7. The molecule has 1 heterocycles. The average Bonchev–Trinajstić information content (AvgIpc) is 2.38. The second kappa shape index (κ2) is 5.16. The molecule has 5 heteroatoms. The lowest BCUT2D eigenvalue weighted by Gasteiger charge is -2.14. The Labute approximate surface area is 93.5 Å². The summed E-state index contributed by atoms with van der Waals surface area (Å²) in [6, 6.07) is 8.80. The molecule has 16 heavy (non-hydrogen) atoms. The third-order valence-electron chi connectivity index (χ3n) is 2.15. The molecule has 0 unspecified atom stereocenters. The minimum atomic E-state index is -0.421. The van der Waals surface area contributed by atoms with E-state index in [9.17, 15) is 4.79 Å². The number of hydroxylamine groups is 1. The van der Waals surface area contributed by atoms with E-state index in [0.717, 1.165) is 19.5 Å². The van der Waals surface area contributed by atoms with Crippen molar-refractivity contribution in [3.63, 3.8) is 0 Å². The van der Waals surface area contributed by atoms with Gasteiger partial charge in [-0.25, -0.2) is 4.79 Å². The number of nitrogens with one attached hydrogen (secondary N) is 2. The first-order valence-corrected chi connectivity index (χ1v) is 5.17. The third-order valence-corrected chi connectivity index (χ3v) is 2.15. The number of benzene rings is 1. The van der Waals surface area contributed by atoms with Crippen molar-refractivity contribution in [1.29, 1.82) is 0 Å². The molecule has 5 nitrogen and oxygen atoms in total. The summed E-state index contributed by atoms with van der Waals surface area (Å²) in [4.78, 5) is 20.5. The van der Waals surface area contributed by atoms with Crippen LogP contribution in [0.4, 0.5) is 0 Å². The number of nitrogens with zero attached hydrogens (tertiary/aromatic N) is 1. The van der Waals surface area contributed by atoms with Crippen LogP contribution in [0.15, 0.2) is 35.3 Å². The molecule has 0 spiro atoms. The highest BCUT2D eigenvalue weighted by Gasteiger charge is 2.09. The number of guanidine groups is 1. The summed E-state index contributed by atoms with van der Waals surface area (Å²) >= 11 is 0. The monoisotopic (exact) mass is 219 g/mol. The standard InChI is InChI=1S/C11H13N3O2/c15-10(9-5-2-1-3-6-9)16-14-11-12-7-4-8-13-11/h1-3,5-6H,4,7-8H2,(H2,12,13,14). The largest absolute Gasteiger partial charge is 0.362 e. The fourth-order valence-electron chi connectivity index (χ4n) is 1.33. The Balaban J connectivity index is 1.86. The van der Waals surface area contributed by atoms with Gasteiger partial charge in [0.2, 0.25) is 5.96 Å². The summed E-state index contributed by atoms with van der Waals surface area (Å²) in [5, 5.41) is 2.99. The maximum atomic E-state index is 11.5. The van der Waals surface area contributed by atoms with Crippen LogP contribution in [0.25, 0.3) is 0 Å². The number of carbonyl (C=O) groups is 1. The van der Waals surface area contributed by atoms with Crippen LogP contribution in [0, 0.1) is 0 Å². The van der Waals surface area contributed by atoms with Crippen molar-refractivity contribution in [2.75, 3.05) is 13.1 Å². The molecule has 2 N–H and O–H groups in total. The highest BCUT2D eigenvalue weighted by Crippen LogP contribution is 1.99. The zero-order chi connectivity index (χ0) is 11.2. The Morgan fingerprint density at radius 3 is 2.88 bits per heavy atom. The van der Waals surface area contributed by atoms with E-state index in [1.165, 1.54) is 0 Å². The maximum Gasteiger partial charge on any atom is 0.362 e. The van der Waals surface area contributed by atoms with Gasteiger partial charge in [-0.15, -0.1) is 0 Å². The van der Waals surface area contributed by atoms with Crippen molar-refractivity contribution in [2.45, 2.75) is 6.42 Å². The summed E-state index contributed by atoms with van der Waals surface area (Å²) in [5.41, 5.74) is 3.02. The van der Waals surface area contributed by atoms with E-state index in [2.05, 4.69) is 15.8 Å². The molecular formula is C11H13N3O2. The Morgan fingerprint density at radius 2 is 2.19 bits per heavy atom. The number of hydrogen-bond acceptors (Lipinski definition) is 5. The van der Waals surface area contributed by atoms with E-state index >= 15 is 0 Å². The summed E-state index contributed by atoms with van der Waals surface area (Å²) in [6.07, 6.45) is 0.998. The van der Waals surface area contributed by atoms with Gasteiger partial charge >= 0.3 is 5.97 Å². The van der Waals surface area contributed by atoms with Gasteiger partial charge in [0.05, 0.1) is 5.56 Å². The number of carbonyl (C=O) groups excluding carboxylic acids is 1. The summed E-state index contributed by atoms with van der Waals surface area (Å²) < 4.78 is 0. The molecule has 0 bridgehead atoms. The zero-order valence-electron chi connectivity index (χ0n) is 8.77. The van der Waals surface area contributed by atoms with Gasteiger partial charge in [0, 0.05) is 13.1 Å². The van der Waals surface area contributed by atoms with Gasteiger partial charge in [-0.05, 0) is 18.6 Å². The summed E-state index contributed by atoms with van der Waals surface area (Å²) in [6.45, 7) is 1.59. The normalized spacial score (nSPS) is 14.6. The molecule has 0 fully saturated rings. The first-order valence-electron chi connectivity index (χ1n) is 5.17. The van der Waals surface area contributed by atoms with Crippen molar-refractivity contribution in [3.8, 4) is 0 Å². The second-order valence-electron chi connectivity index (χ2n) is 3.37. The van der Waals surface area contributed by atoms with Crippen molar-refractivity contribution < 1.29 is 9.63 Å². The van der Waals surface area contributed by atoms with E-state index in [0.29, 0.717) is 11.5 Å². The lowest BCUT2D eigenvalue weighted by Crippen LogP contribution is -2.41. The highest BCUT2D eigenvalue weighted by molar-refractivity contribution is 5.90. The Kier molecular flexibility index (Phi) is 3.38. The molecule has 0 aliphatic carbocycles.